The molecule has 2 saturated carbocycles. The molecule has 0 spiro atoms. The zero-order valence-corrected chi connectivity index (χ0v) is 22.7. The first-order valence-electron chi connectivity index (χ1n) is 15.0. The first-order chi connectivity index (χ1) is 18.5. The Morgan fingerprint density at radius 1 is 0.921 bits per heavy atom. The van der Waals surface area contributed by atoms with Gasteiger partial charge in [-0.3, -0.25) is 14.5 Å². The van der Waals surface area contributed by atoms with E-state index in [0.29, 0.717) is 24.7 Å². The van der Waals surface area contributed by atoms with E-state index in [1.165, 1.54) is 57.8 Å². The summed E-state index contributed by atoms with van der Waals surface area (Å²) in [5.74, 6) is 1.49. The van der Waals surface area contributed by atoms with Gasteiger partial charge in [0.1, 0.15) is 5.69 Å². The van der Waals surface area contributed by atoms with Gasteiger partial charge in [0.25, 0.3) is 5.56 Å². The fourth-order valence-electron chi connectivity index (χ4n) is 8.43. The molecule has 2 saturated heterocycles. The average Bonchev–Trinajstić information content (AvgIpc) is 2.90. The summed E-state index contributed by atoms with van der Waals surface area (Å²) < 4.78 is 7.00. The number of nitrogens with one attached hydrogen (secondary N) is 1. The van der Waals surface area contributed by atoms with Crippen molar-refractivity contribution in [3.05, 3.63) is 40.3 Å². The maximum Gasteiger partial charge on any atom is 0.306 e. The molecule has 0 radical (unpaired) electrons. The smallest absolute Gasteiger partial charge is 0.306 e. The van der Waals surface area contributed by atoms with Crippen LogP contribution in [0.15, 0.2) is 29.1 Å². The molecule has 7 nitrogen and oxygen atoms in total. The molecule has 1 aromatic carbocycles. The van der Waals surface area contributed by atoms with Crippen LogP contribution in [0.4, 0.5) is 0 Å². The SMILES string of the molecule is CCOC(=O)CCC(=N)c1nc2ccccc2n(C2C[C@H]3CCC[C@@H](C2)N3C2CC3CCCC(C3)C2)c1=O. The number of benzene rings is 1. The van der Waals surface area contributed by atoms with Crippen molar-refractivity contribution >= 4 is 22.7 Å². The Kier molecular flexibility index (Phi) is 7.39. The Hall–Kier alpha value is -2.54. The molecule has 3 unspecified atom stereocenters. The number of fused-ring (bicyclic) bond motifs is 5. The molecule has 2 aromatic rings. The highest BCUT2D eigenvalue weighted by Gasteiger charge is 2.45. The number of rotatable bonds is 7. The second-order valence-electron chi connectivity index (χ2n) is 12.2. The van der Waals surface area contributed by atoms with Crippen LogP contribution in [0.5, 0.6) is 0 Å². The number of aromatic nitrogens is 2. The number of piperidine rings is 2. The lowest BCUT2D eigenvalue weighted by atomic mass is 9.68. The average molecular weight is 519 g/mol. The van der Waals surface area contributed by atoms with Crippen LogP contribution >= 0.6 is 0 Å². The first-order valence-corrected chi connectivity index (χ1v) is 15.0. The van der Waals surface area contributed by atoms with Gasteiger partial charge in [0.2, 0.25) is 0 Å². The molecule has 6 rings (SSSR count). The van der Waals surface area contributed by atoms with Crippen LogP contribution in [-0.4, -0.2) is 50.9 Å². The van der Waals surface area contributed by atoms with Crippen LogP contribution in [0.2, 0.25) is 0 Å². The lowest BCUT2D eigenvalue weighted by molar-refractivity contribution is -0.142. The molecule has 3 heterocycles. The summed E-state index contributed by atoms with van der Waals surface area (Å²) in [5.41, 5.74) is 1.73. The van der Waals surface area contributed by atoms with E-state index in [-0.39, 0.29) is 41.8 Å². The topological polar surface area (TPSA) is 88.3 Å². The summed E-state index contributed by atoms with van der Waals surface area (Å²) in [5, 5.41) is 8.64. The van der Waals surface area contributed by atoms with Gasteiger partial charge in [-0.2, -0.15) is 0 Å². The third kappa shape index (κ3) is 4.94. The molecule has 0 amide bonds. The van der Waals surface area contributed by atoms with E-state index in [0.717, 1.165) is 35.7 Å². The number of hydrogen-bond donors (Lipinski definition) is 1. The maximum absolute atomic E-state index is 14.0. The number of hydrogen-bond acceptors (Lipinski definition) is 6. The summed E-state index contributed by atoms with van der Waals surface area (Å²) in [4.78, 5) is 33.4. The molecule has 38 heavy (non-hydrogen) atoms. The van der Waals surface area contributed by atoms with Gasteiger partial charge in [-0.1, -0.05) is 37.8 Å². The summed E-state index contributed by atoms with van der Waals surface area (Å²) >= 11 is 0. The highest BCUT2D eigenvalue weighted by atomic mass is 16.5. The third-order valence-corrected chi connectivity index (χ3v) is 9.86. The van der Waals surface area contributed by atoms with Crippen LogP contribution in [0.3, 0.4) is 0 Å². The third-order valence-electron chi connectivity index (χ3n) is 9.86. The molecule has 4 aliphatic rings. The normalized spacial score (nSPS) is 31.2. The minimum Gasteiger partial charge on any atom is -0.466 e. The Balaban J connectivity index is 1.29. The predicted octanol–water partition coefficient (Wildman–Crippen LogP) is 5.63. The minimum absolute atomic E-state index is 0.0898. The highest BCUT2D eigenvalue weighted by molar-refractivity contribution is 5.98. The van der Waals surface area contributed by atoms with Gasteiger partial charge in [-0.15, -0.1) is 0 Å². The van der Waals surface area contributed by atoms with E-state index >= 15 is 0 Å². The van der Waals surface area contributed by atoms with Crippen molar-refractivity contribution in [2.45, 2.75) is 115 Å². The standard InChI is InChI=1S/C31H42N4O3/c1-2-38-29(36)14-13-26(32)30-31(37)35(28-12-4-3-11-27(28)33-30)25-18-22-9-6-10-23(19-25)34(22)24-16-20-7-5-8-21(15-20)17-24/h3-4,11-12,20-25,32H,2,5-10,13-19H2,1H3/t20?,21?,22-,23+,24?,25?. The highest BCUT2D eigenvalue weighted by Crippen LogP contribution is 2.47. The summed E-state index contributed by atoms with van der Waals surface area (Å²) in [6, 6.07) is 9.73. The fraction of sp³-hybridized carbons (Fsp3) is 0.677. The molecule has 4 fully saturated rings. The molecular weight excluding hydrogens is 476 g/mol. The van der Waals surface area contributed by atoms with Crippen molar-refractivity contribution < 1.29 is 9.53 Å². The fourth-order valence-corrected chi connectivity index (χ4v) is 8.43. The lowest BCUT2D eigenvalue weighted by Crippen LogP contribution is -2.58. The van der Waals surface area contributed by atoms with Crippen LogP contribution in [0.1, 0.15) is 102 Å². The molecular formula is C31H42N4O3. The molecule has 7 heteroatoms. The van der Waals surface area contributed by atoms with Crippen LogP contribution in [0.25, 0.3) is 11.0 Å². The Bertz CT molecular complexity index is 1230. The van der Waals surface area contributed by atoms with E-state index in [2.05, 4.69) is 9.88 Å². The lowest BCUT2D eigenvalue weighted by Gasteiger charge is -2.55. The van der Waals surface area contributed by atoms with Crippen molar-refractivity contribution in [1.29, 1.82) is 5.41 Å². The van der Waals surface area contributed by atoms with E-state index in [4.69, 9.17) is 10.1 Å². The molecule has 1 N–H and O–H groups in total. The summed E-state index contributed by atoms with van der Waals surface area (Å²) in [7, 11) is 0. The Morgan fingerprint density at radius 3 is 2.32 bits per heavy atom. The number of carbonyl (C=O) groups excluding carboxylic acids is 1. The molecule has 4 bridgehead atoms. The van der Waals surface area contributed by atoms with Crippen LogP contribution < -0.4 is 5.56 Å². The number of nitrogens with zero attached hydrogens (tertiary/aromatic N) is 3. The van der Waals surface area contributed by atoms with Crippen LogP contribution in [0, 0.1) is 17.2 Å². The van der Waals surface area contributed by atoms with Crippen molar-refractivity contribution in [3.8, 4) is 0 Å². The van der Waals surface area contributed by atoms with Gasteiger partial charge in [0, 0.05) is 30.6 Å². The number of para-hydroxylation sites is 2. The number of carbonyl (C=O) groups is 1. The monoisotopic (exact) mass is 518 g/mol. The van der Waals surface area contributed by atoms with E-state index < -0.39 is 0 Å². The Labute approximate surface area is 225 Å². The number of esters is 1. The predicted molar refractivity (Wildman–Crippen MR) is 149 cm³/mol. The second kappa shape index (κ2) is 10.9. The van der Waals surface area contributed by atoms with Gasteiger partial charge < -0.3 is 14.7 Å². The molecule has 1 aromatic heterocycles. The summed E-state index contributed by atoms with van der Waals surface area (Å²) in [6.07, 6.45) is 14.4. The van der Waals surface area contributed by atoms with Gasteiger partial charge >= 0.3 is 5.97 Å². The summed E-state index contributed by atoms with van der Waals surface area (Å²) in [6.45, 7) is 2.09. The first kappa shape index (κ1) is 25.7. The van der Waals surface area contributed by atoms with Crippen molar-refractivity contribution in [1.82, 2.24) is 14.5 Å². The van der Waals surface area contributed by atoms with Gasteiger partial charge in [0.15, 0.2) is 0 Å². The largest absolute Gasteiger partial charge is 0.466 e. The van der Waals surface area contributed by atoms with Crippen molar-refractivity contribution in [2.24, 2.45) is 11.8 Å². The molecule has 5 atom stereocenters. The van der Waals surface area contributed by atoms with E-state index in [1.807, 2.05) is 28.8 Å². The minimum atomic E-state index is -0.342. The zero-order chi connectivity index (χ0) is 26.2. The van der Waals surface area contributed by atoms with Crippen molar-refractivity contribution in [2.75, 3.05) is 6.61 Å². The maximum atomic E-state index is 14.0. The van der Waals surface area contributed by atoms with Gasteiger partial charge in [-0.05, 0) is 75.8 Å². The van der Waals surface area contributed by atoms with E-state index in [9.17, 15) is 9.59 Å². The quantitative estimate of drug-likeness (QED) is 0.379. The van der Waals surface area contributed by atoms with E-state index in [1.54, 1.807) is 6.92 Å². The molecule has 2 aliphatic carbocycles. The Morgan fingerprint density at radius 2 is 1.61 bits per heavy atom. The number of ether oxygens (including phenoxy) is 1. The second-order valence-corrected chi connectivity index (χ2v) is 12.2. The van der Waals surface area contributed by atoms with Crippen molar-refractivity contribution in [3.63, 3.8) is 0 Å². The van der Waals surface area contributed by atoms with Gasteiger partial charge in [0.05, 0.1) is 29.8 Å². The zero-order valence-electron chi connectivity index (χ0n) is 22.7. The molecule has 2 aliphatic heterocycles. The molecule has 204 valence electrons. The van der Waals surface area contributed by atoms with Crippen LogP contribution in [-0.2, 0) is 9.53 Å². The van der Waals surface area contributed by atoms with Gasteiger partial charge in [-0.25, -0.2) is 4.98 Å².